The van der Waals surface area contributed by atoms with Crippen molar-refractivity contribution < 1.29 is 9.47 Å². The van der Waals surface area contributed by atoms with E-state index in [2.05, 4.69) is 48.0 Å². The van der Waals surface area contributed by atoms with Crippen LogP contribution >= 0.6 is 0 Å². The molecule has 132 valence electrons. The molecule has 0 saturated carbocycles. The Balaban J connectivity index is 1.97. The minimum Gasteiger partial charge on any atom is -0.377 e. The molecule has 3 aromatic rings. The molecule has 0 radical (unpaired) electrons. The van der Waals surface area contributed by atoms with Crippen molar-refractivity contribution in [1.29, 1.82) is 0 Å². The Labute approximate surface area is 146 Å². The van der Waals surface area contributed by atoms with Gasteiger partial charge in [-0.15, -0.1) is 10.2 Å². The summed E-state index contributed by atoms with van der Waals surface area (Å²) in [7, 11) is 1.66. The Morgan fingerprint density at radius 3 is 2.68 bits per heavy atom. The number of nitrogens with zero attached hydrogens (tertiary/aromatic N) is 5. The fraction of sp³-hybridized carbons (Fsp3) is 0.500. The lowest BCUT2D eigenvalue weighted by Crippen LogP contribution is -2.46. The standard InChI is InChI=1S/C18H23N5O2/c1-11-5-6-15-14(7-11)17-21-20-16(10-24-4)23(17)18(19-15)22-8-12(2)25-13(3)9-22/h5-7,12-13H,8-10H2,1-4H3. The third-order valence-corrected chi connectivity index (χ3v) is 4.52. The number of hydrogen-bond donors (Lipinski definition) is 0. The highest BCUT2D eigenvalue weighted by Crippen LogP contribution is 2.27. The largest absolute Gasteiger partial charge is 0.377 e. The number of methoxy groups -OCH3 is 1. The van der Waals surface area contributed by atoms with Crippen molar-refractivity contribution in [3.05, 3.63) is 29.6 Å². The van der Waals surface area contributed by atoms with E-state index in [0.717, 1.165) is 41.4 Å². The van der Waals surface area contributed by atoms with E-state index in [0.29, 0.717) is 6.61 Å². The van der Waals surface area contributed by atoms with E-state index in [4.69, 9.17) is 14.5 Å². The zero-order valence-electron chi connectivity index (χ0n) is 15.1. The Morgan fingerprint density at radius 2 is 1.96 bits per heavy atom. The van der Waals surface area contributed by atoms with Crippen LogP contribution in [0.5, 0.6) is 0 Å². The molecule has 0 amide bonds. The summed E-state index contributed by atoms with van der Waals surface area (Å²) in [5.41, 5.74) is 2.92. The smallest absolute Gasteiger partial charge is 0.213 e. The quantitative estimate of drug-likeness (QED) is 0.729. The van der Waals surface area contributed by atoms with Gasteiger partial charge in [0.25, 0.3) is 0 Å². The molecule has 2 atom stereocenters. The van der Waals surface area contributed by atoms with E-state index in [1.54, 1.807) is 7.11 Å². The summed E-state index contributed by atoms with van der Waals surface area (Å²) in [6, 6.07) is 6.23. The fourth-order valence-electron chi connectivity index (χ4n) is 3.56. The molecule has 1 aromatic carbocycles. The summed E-state index contributed by atoms with van der Waals surface area (Å²) in [6.45, 7) is 8.21. The van der Waals surface area contributed by atoms with Crippen molar-refractivity contribution in [3.8, 4) is 0 Å². The number of fused-ring (bicyclic) bond motifs is 3. The molecular weight excluding hydrogens is 318 g/mol. The minimum absolute atomic E-state index is 0.150. The van der Waals surface area contributed by atoms with Crippen LogP contribution in [-0.2, 0) is 16.1 Å². The van der Waals surface area contributed by atoms with Crippen LogP contribution in [0.25, 0.3) is 16.6 Å². The van der Waals surface area contributed by atoms with Crippen LogP contribution in [0.4, 0.5) is 5.95 Å². The highest BCUT2D eigenvalue weighted by molar-refractivity contribution is 5.93. The molecule has 7 heteroatoms. The van der Waals surface area contributed by atoms with Crippen LogP contribution in [0.1, 0.15) is 25.2 Å². The average Bonchev–Trinajstić information content (AvgIpc) is 2.98. The first-order valence-corrected chi connectivity index (χ1v) is 8.60. The summed E-state index contributed by atoms with van der Waals surface area (Å²) < 4.78 is 13.2. The Morgan fingerprint density at radius 1 is 1.20 bits per heavy atom. The van der Waals surface area contributed by atoms with Gasteiger partial charge in [0.15, 0.2) is 11.5 Å². The second kappa shape index (κ2) is 6.24. The molecule has 0 N–H and O–H groups in total. The van der Waals surface area contributed by atoms with Crippen LogP contribution < -0.4 is 4.90 Å². The Bertz CT molecular complexity index is 913. The molecule has 7 nitrogen and oxygen atoms in total. The lowest BCUT2D eigenvalue weighted by atomic mass is 10.1. The topological polar surface area (TPSA) is 64.8 Å². The molecular formula is C18H23N5O2. The SMILES string of the molecule is COCc1nnc2c3cc(C)ccc3nc(N3CC(C)OC(C)C3)n12. The number of benzene rings is 1. The van der Waals surface area contributed by atoms with Gasteiger partial charge in [-0.25, -0.2) is 9.38 Å². The van der Waals surface area contributed by atoms with Crippen LogP contribution in [-0.4, -0.2) is 52.0 Å². The van der Waals surface area contributed by atoms with E-state index in [1.165, 1.54) is 5.56 Å². The summed E-state index contributed by atoms with van der Waals surface area (Å²) in [4.78, 5) is 7.21. The second-order valence-corrected chi connectivity index (χ2v) is 6.80. The predicted octanol–water partition coefficient (Wildman–Crippen LogP) is 2.35. The van der Waals surface area contributed by atoms with Gasteiger partial charge in [-0.3, -0.25) is 0 Å². The van der Waals surface area contributed by atoms with Gasteiger partial charge in [-0.1, -0.05) is 11.6 Å². The monoisotopic (exact) mass is 341 g/mol. The molecule has 2 unspecified atom stereocenters. The number of morpholine rings is 1. The first kappa shape index (κ1) is 16.2. The molecule has 0 spiro atoms. The molecule has 0 aliphatic carbocycles. The van der Waals surface area contributed by atoms with Crippen LogP contribution in [0.2, 0.25) is 0 Å². The van der Waals surface area contributed by atoms with Gasteiger partial charge in [0.1, 0.15) is 6.61 Å². The molecule has 3 heterocycles. The number of rotatable bonds is 3. The van der Waals surface area contributed by atoms with Gasteiger partial charge in [-0.05, 0) is 32.9 Å². The van der Waals surface area contributed by atoms with Crippen LogP contribution in [0.3, 0.4) is 0 Å². The summed E-state index contributed by atoms with van der Waals surface area (Å²) in [5.74, 6) is 1.61. The highest BCUT2D eigenvalue weighted by Gasteiger charge is 2.27. The van der Waals surface area contributed by atoms with E-state index in [-0.39, 0.29) is 12.2 Å². The van der Waals surface area contributed by atoms with E-state index in [1.807, 2.05) is 10.5 Å². The normalized spacial score (nSPS) is 21.4. The lowest BCUT2D eigenvalue weighted by Gasteiger charge is -2.36. The third-order valence-electron chi connectivity index (χ3n) is 4.52. The molecule has 0 bridgehead atoms. The van der Waals surface area contributed by atoms with Crippen molar-refractivity contribution in [2.75, 3.05) is 25.1 Å². The van der Waals surface area contributed by atoms with Crippen molar-refractivity contribution in [2.24, 2.45) is 0 Å². The maximum atomic E-state index is 5.88. The van der Waals surface area contributed by atoms with Crippen LogP contribution in [0, 0.1) is 6.92 Å². The summed E-state index contributed by atoms with van der Waals surface area (Å²) in [5, 5.41) is 9.79. The number of aromatic nitrogens is 4. The second-order valence-electron chi connectivity index (χ2n) is 6.80. The number of aryl methyl sites for hydroxylation is 1. The van der Waals surface area contributed by atoms with Gasteiger partial charge in [-0.2, -0.15) is 0 Å². The van der Waals surface area contributed by atoms with Crippen molar-refractivity contribution in [2.45, 2.75) is 39.6 Å². The zero-order valence-corrected chi connectivity index (χ0v) is 15.1. The van der Waals surface area contributed by atoms with E-state index < -0.39 is 0 Å². The third kappa shape index (κ3) is 2.83. The first-order chi connectivity index (χ1) is 12.1. The molecule has 1 saturated heterocycles. The molecule has 4 rings (SSSR count). The van der Waals surface area contributed by atoms with Gasteiger partial charge >= 0.3 is 0 Å². The molecule has 2 aromatic heterocycles. The maximum Gasteiger partial charge on any atom is 0.213 e. The predicted molar refractivity (Wildman–Crippen MR) is 96.0 cm³/mol. The first-order valence-electron chi connectivity index (χ1n) is 8.60. The Kier molecular flexibility index (Phi) is 4.05. The van der Waals surface area contributed by atoms with Gasteiger partial charge < -0.3 is 14.4 Å². The highest BCUT2D eigenvalue weighted by atomic mass is 16.5. The van der Waals surface area contributed by atoms with Crippen molar-refractivity contribution >= 4 is 22.5 Å². The molecule has 25 heavy (non-hydrogen) atoms. The molecule has 1 aliphatic heterocycles. The summed E-state index contributed by atoms with van der Waals surface area (Å²) in [6.07, 6.45) is 0.299. The average molecular weight is 341 g/mol. The molecule has 1 aliphatic rings. The fourth-order valence-corrected chi connectivity index (χ4v) is 3.56. The van der Waals surface area contributed by atoms with Gasteiger partial charge in [0.05, 0.1) is 17.7 Å². The lowest BCUT2D eigenvalue weighted by molar-refractivity contribution is -0.00579. The van der Waals surface area contributed by atoms with Crippen LogP contribution in [0.15, 0.2) is 18.2 Å². The zero-order chi connectivity index (χ0) is 17.6. The Hall–Kier alpha value is -2.25. The minimum atomic E-state index is 0.150. The van der Waals surface area contributed by atoms with Crippen molar-refractivity contribution in [3.63, 3.8) is 0 Å². The maximum absolute atomic E-state index is 5.88. The van der Waals surface area contributed by atoms with Gasteiger partial charge in [0, 0.05) is 25.6 Å². The number of ether oxygens (including phenoxy) is 2. The van der Waals surface area contributed by atoms with Crippen molar-refractivity contribution in [1.82, 2.24) is 19.6 Å². The number of hydrogen-bond acceptors (Lipinski definition) is 6. The van der Waals surface area contributed by atoms with E-state index in [9.17, 15) is 0 Å². The van der Waals surface area contributed by atoms with E-state index >= 15 is 0 Å². The number of anilines is 1. The summed E-state index contributed by atoms with van der Waals surface area (Å²) >= 11 is 0. The molecule has 1 fully saturated rings. The van der Waals surface area contributed by atoms with Gasteiger partial charge in [0.2, 0.25) is 5.95 Å².